The van der Waals surface area contributed by atoms with E-state index in [9.17, 15) is 53.1 Å². The fraction of sp³-hybridized carbons (Fsp3) is 0.610. The maximum atomic E-state index is 13.5. The number of carboxylic acids is 1. The SMILES string of the molecule is CC(C)CC(CC(=O)NO)C(=O)N[C@@H](CC(=O)O)C(=O)N[C@@H](Cc1ccccc1)C(=O)NCC(=O)NCC(=O)N[C@@H](CCCCNC(=O)CCCC[C@@H]1SC[C@@H]2NC(=O)N[C@@H]21)C(N)=O. The second-order valence-electron chi connectivity index (χ2n) is 16.2. The second kappa shape index (κ2) is 27.3. The number of fused-ring (bicyclic) bond motifs is 1. The molecule has 2 aliphatic rings. The number of nitrogens with one attached hydrogen (secondary N) is 9. The second-order valence-corrected chi connectivity index (χ2v) is 17.5. The van der Waals surface area contributed by atoms with Crippen LogP contribution in [0.25, 0.3) is 0 Å². The van der Waals surface area contributed by atoms with Gasteiger partial charge in [0.05, 0.1) is 31.6 Å². The molecule has 0 aliphatic carbocycles. The Labute approximate surface area is 375 Å². The van der Waals surface area contributed by atoms with Gasteiger partial charge in [0.15, 0.2) is 0 Å². The number of thioether (sulfide) groups is 1. The summed E-state index contributed by atoms with van der Waals surface area (Å²) in [5.74, 6) is -7.66. The molecule has 1 aromatic carbocycles. The third-order valence-electron chi connectivity index (χ3n) is 10.5. The van der Waals surface area contributed by atoms with E-state index in [1.807, 2.05) is 11.8 Å². The van der Waals surface area contributed by atoms with Crippen LogP contribution in [0.5, 0.6) is 0 Å². The van der Waals surface area contributed by atoms with E-state index < -0.39 is 97.3 Å². The number of unbranched alkanes of at least 4 members (excludes halogenated alkanes) is 2. The number of primary amides is 1. The van der Waals surface area contributed by atoms with E-state index in [1.165, 1.54) is 5.48 Å². The molecule has 354 valence electrons. The minimum atomic E-state index is -1.67. The highest BCUT2D eigenvalue weighted by molar-refractivity contribution is 8.00. The molecule has 10 amide bonds. The predicted molar refractivity (Wildman–Crippen MR) is 232 cm³/mol. The van der Waals surface area contributed by atoms with Gasteiger partial charge in [-0.2, -0.15) is 11.8 Å². The number of hydroxylamine groups is 1. The highest BCUT2D eigenvalue weighted by Crippen LogP contribution is 2.33. The summed E-state index contributed by atoms with van der Waals surface area (Å²) in [6, 6.07) is 4.49. The lowest BCUT2D eigenvalue weighted by molar-refractivity contribution is -0.142. The zero-order valence-electron chi connectivity index (χ0n) is 36.1. The van der Waals surface area contributed by atoms with Crippen LogP contribution in [0, 0.1) is 11.8 Å². The summed E-state index contributed by atoms with van der Waals surface area (Å²) in [5.41, 5.74) is 7.52. The van der Waals surface area contributed by atoms with Crippen molar-refractivity contribution in [1.29, 1.82) is 0 Å². The zero-order valence-corrected chi connectivity index (χ0v) is 36.9. The number of carbonyl (C=O) groups excluding carboxylic acids is 9. The van der Waals surface area contributed by atoms with E-state index >= 15 is 0 Å². The van der Waals surface area contributed by atoms with E-state index in [-0.39, 0.29) is 49.2 Å². The number of urea groups is 1. The Morgan fingerprint density at radius 2 is 1.47 bits per heavy atom. The molecule has 7 atom stereocenters. The lowest BCUT2D eigenvalue weighted by Gasteiger charge is -2.24. The number of nitrogens with two attached hydrogens (primary N) is 1. The predicted octanol–water partition coefficient (Wildman–Crippen LogP) is -1.55. The van der Waals surface area contributed by atoms with Gasteiger partial charge in [0.1, 0.15) is 18.1 Å². The molecular formula is C41H62N10O12S. The van der Waals surface area contributed by atoms with E-state index in [4.69, 9.17) is 10.9 Å². The lowest BCUT2D eigenvalue weighted by atomic mass is 9.92. The van der Waals surface area contributed by atoms with Gasteiger partial charge >= 0.3 is 12.0 Å². The molecule has 2 fully saturated rings. The van der Waals surface area contributed by atoms with E-state index in [0.717, 1.165) is 18.6 Å². The summed E-state index contributed by atoms with van der Waals surface area (Å²) in [5, 5.41) is 39.5. The molecule has 2 saturated heterocycles. The molecule has 0 radical (unpaired) electrons. The van der Waals surface area contributed by atoms with Gasteiger partial charge in [-0.25, -0.2) is 10.3 Å². The monoisotopic (exact) mass is 918 g/mol. The summed E-state index contributed by atoms with van der Waals surface area (Å²) < 4.78 is 0. The van der Waals surface area contributed by atoms with Gasteiger partial charge < -0.3 is 53.4 Å². The van der Waals surface area contributed by atoms with Crippen LogP contribution in [0.15, 0.2) is 30.3 Å². The fourth-order valence-corrected chi connectivity index (χ4v) is 8.80. The molecule has 1 aromatic rings. The Morgan fingerprint density at radius 3 is 2.14 bits per heavy atom. The molecule has 13 N–H and O–H groups in total. The third kappa shape index (κ3) is 19.2. The van der Waals surface area contributed by atoms with Crippen molar-refractivity contribution >= 4 is 71.0 Å². The Balaban J connectivity index is 1.43. The van der Waals surface area contributed by atoms with E-state index in [1.54, 1.807) is 44.2 Å². The van der Waals surface area contributed by atoms with Gasteiger partial charge in [0.2, 0.25) is 47.3 Å². The van der Waals surface area contributed by atoms with Gasteiger partial charge in [-0.15, -0.1) is 0 Å². The van der Waals surface area contributed by atoms with Crippen molar-refractivity contribution in [2.45, 2.75) is 120 Å². The Kier molecular flexibility index (Phi) is 22.3. The molecule has 2 aliphatic heterocycles. The standard InChI is InChI=1S/C41H62N10O12S/c1-23(2)16-25(18-32(53)51-63)38(59)47-28(19-35(56)57)40(61)48-27(17-24-10-4-3-5-11-24)39(60)45-20-33(54)44-21-34(55)46-26(37(42)58)12-8-9-15-43-31(52)14-7-6-13-30-36-29(22-64-30)49-41(62)50-36/h3-5,10-11,23,25-30,36,63H,6-9,12-22H2,1-2H3,(H2,42,58)(H,43,52)(H,44,54)(H,45,60)(H,46,55)(H,47,59)(H,48,61)(H,51,53)(H,56,57)(H2,49,50,62)/t25?,26-,27-,28-,29-,30-,36-/m0/s1. The van der Waals surface area contributed by atoms with Crippen LogP contribution in [0.1, 0.15) is 83.6 Å². The average molecular weight is 919 g/mol. The highest BCUT2D eigenvalue weighted by Gasteiger charge is 2.42. The molecule has 3 rings (SSSR count). The van der Waals surface area contributed by atoms with Gasteiger partial charge in [-0.05, 0) is 50.0 Å². The number of hydrogen-bond acceptors (Lipinski definition) is 12. The van der Waals surface area contributed by atoms with Crippen molar-refractivity contribution in [3.05, 3.63) is 35.9 Å². The van der Waals surface area contributed by atoms with Crippen molar-refractivity contribution in [1.82, 2.24) is 48.0 Å². The topological polar surface area (TPSA) is 345 Å². The van der Waals surface area contributed by atoms with Crippen LogP contribution in [0.4, 0.5) is 4.79 Å². The number of benzene rings is 1. The van der Waals surface area contributed by atoms with Crippen LogP contribution >= 0.6 is 11.8 Å². The number of hydrogen-bond donors (Lipinski definition) is 12. The molecule has 0 bridgehead atoms. The quantitative estimate of drug-likeness (QED) is 0.0188. The van der Waals surface area contributed by atoms with Crippen LogP contribution in [-0.4, -0.2) is 130 Å². The van der Waals surface area contributed by atoms with Crippen molar-refractivity contribution in [3.8, 4) is 0 Å². The van der Waals surface area contributed by atoms with Gasteiger partial charge in [0.25, 0.3) is 0 Å². The maximum absolute atomic E-state index is 13.5. The Morgan fingerprint density at radius 1 is 0.766 bits per heavy atom. The fourth-order valence-electron chi connectivity index (χ4n) is 7.25. The maximum Gasteiger partial charge on any atom is 0.315 e. The van der Waals surface area contributed by atoms with Crippen molar-refractivity contribution in [2.24, 2.45) is 17.6 Å². The molecule has 0 aromatic heterocycles. The summed E-state index contributed by atoms with van der Waals surface area (Å²) >= 11 is 1.83. The van der Waals surface area contributed by atoms with Crippen molar-refractivity contribution in [2.75, 3.05) is 25.4 Å². The first-order valence-electron chi connectivity index (χ1n) is 21.3. The number of amides is 10. The highest BCUT2D eigenvalue weighted by atomic mass is 32.2. The summed E-state index contributed by atoms with van der Waals surface area (Å²) in [7, 11) is 0. The van der Waals surface area contributed by atoms with Gasteiger partial charge in [-0.3, -0.25) is 48.4 Å². The summed E-state index contributed by atoms with van der Waals surface area (Å²) in [6.07, 6.45) is 2.73. The molecule has 22 nitrogen and oxygen atoms in total. The molecule has 0 spiro atoms. The first kappa shape index (κ1) is 52.4. The largest absolute Gasteiger partial charge is 0.481 e. The van der Waals surface area contributed by atoms with Crippen LogP contribution < -0.4 is 53.7 Å². The zero-order chi connectivity index (χ0) is 47.2. The van der Waals surface area contributed by atoms with E-state index in [2.05, 4.69) is 42.5 Å². The average Bonchev–Trinajstić information content (AvgIpc) is 3.80. The normalized spacial score (nSPS) is 18.1. The molecule has 0 saturated carbocycles. The van der Waals surface area contributed by atoms with Gasteiger partial charge in [0, 0.05) is 42.7 Å². The van der Waals surface area contributed by atoms with Crippen LogP contribution in [0.2, 0.25) is 0 Å². The molecule has 23 heteroatoms. The number of aliphatic carboxylic acids is 1. The molecular weight excluding hydrogens is 857 g/mol. The molecule has 2 heterocycles. The Bertz CT molecular complexity index is 1810. The van der Waals surface area contributed by atoms with E-state index in [0.29, 0.717) is 43.0 Å². The minimum absolute atomic E-state index is 0.0876. The van der Waals surface area contributed by atoms with Crippen LogP contribution in [-0.2, 0) is 49.6 Å². The third-order valence-corrected chi connectivity index (χ3v) is 12.0. The van der Waals surface area contributed by atoms with Crippen molar-refractivity contribution < 1.29 is 58.3 Å². The minimum Gasteiger partial charge on any atom is -0.481 e. The molecule has 1 unspecified atom stereocenters. The number of rotatable bonds is 29. The first-order valence-corrected chi connectivity index (χ1v) is 22.4. The number of carboxylic acid groups (broad SMARTS) is 1. The molecule has 64 heavy (non-hydrogen) atoms. The van der Waals surface area contributed by atoms with Crippen LogP contribution in [0.3, 0.4) is 0 Å². The smallest absolute Gasteiger partial charge is 0.315 e. The van der Waals surface area contributed by atoms with Gasteiger partial charge in [-0.1, -0.05) is 50.6 Å². The Hall–Kier alpha value is -5.97. The summed E-state index contributed by atoms with van der Waals surface area (Å²) in [4.78, 5) is 125. The van der Waals surface area contributed by atoms with Crippen molar-refractivity contribution in [3.63, 3.8) is 0 Å². The summed E-state index contributed by atoms with van der Waals surface area (Å²) in [6.45, 7) is 2.71. The number of carbonyl (C=O) groups is 10. The first-order chi connectivity index (χ1) is 30.4. The lowest BCUT2D eigenvalue weighted by Crippen LogP contribution is -2.56.